The van der Waals surface area contributed by atoms with Crippen LogP contribution < -0.4 is 10.0 Å². The van der Waals surface area contributed by atoms with E-state index in [2.05, 4.69) is 30.8 Å². The zero-order chi connectivity index (χ0) is 15.5. The van der Waals surface area contributed by atoms with E-state index in [1.165, 1.54) is 18.2 Å². The van der Waals surface area contributed by atoms with Crippen molar-refractivity contribution in [2.75, 3.05) is 13.6 Å². The van der Waals surface area contributed by atoms with Crippen molar-refractivity contribution >= 4 is 10.0 Å². The number of fused-ring (bicyclic) bond motifs is 4. The quantitative estimate of drug-likeness (QED) is 0.876. The Bertz CT molecular complexity index is 682. The van der Waals surface area contributed by atoms with E-state index < -0.39 is 10.0 Å². The van der Waals surface area contributed by atoms with Gasteiger partial charge in [-0.3, -0.25) is 0 Å². The second-order valence-corrected chi connectivity index (χ2v) is 8.93. The van der Waals surface area contributed by atoms with E-state index in [1.807, 2.05) is 12.1 Å². The van der Waals surface area contributed by atoms with Crippen molar-refractivity contribution < 1.29 is 8.42 Å². The van der Waals surface area contributed by atoms with Crippen molar-refractivity contribution in [3.05, 3.63) is 29.3 Å². The van der Waals surface area contributed by atoms with Crippen LogP contribution in [-0.2, 0) is 21.9 Å². The maximum atomic E-state index is 12.1. The summed E-state index contributed by atoms with van der Waals surface area (Å²) < 4.78 is 26.6. The molecule has 21 heavy (non-hydrogen) atoms. The minimum Gasteiger partial charge on any atom is -0.313 e. The summed E-state index contributed by atoms with van der Waals surface area (Å²) in [4.78, 5) is 0.373. The van der Waals surface area contributed by atoms with Gasteiger partial charge in [0.05, 0.1) is 4.90 Å². The Morgan fingerprint density at radius 2 is 2.00 bits per heavy atom. The Labute approximate surface area is 127 Å². The fourth-order valence-corrected chi connectivity index (χ4v) is 4.78. The van der Waals surface area contributed by atoms with Gasteiger partial charge in [0, 0.05) is 11.5 Å². The lowest BCUT2D eigenvalue weighted by Crippen LogP contribution is -2.62. The summed E-state index contributed by atoms with van der Waals surface area (Å²) >= 11 is 0. The van der Waals surface area contributed by atoms with Gasteiger partial charge in [-0.1, -0.05) is 26.8 Å². The Morgan fingerprint density at radius 3 is 2.67 bits per heavy atom. The highest BCUT2D eigenvalue weighted by molar-refractivity contribution is 7.89. The maximum absolute atomic E-state index is 12.1. The second kappa shape index (κ2) is 4.54. The molecule has 1 aliphatic heterocycles. The Hall–Kier alpha value is -0.910. The van der Waals surface area contributed by atoms with Crippen molar-refractivity contribution in [1.29, 1.82) is 0 Å². The van der Waals surface area contributed by atoms with Crippen molar-refractivity contribution in [2.24, 2.45) is 5.41 Å². The highest BCUT2D eigenvalue weighted by Crippen LogP contribution is 2.53. The predicted molar refractivity (Wildman–Crippen MR) is 83.9 cm³/mol. The predicted octanol–water partition coefficient (Wildman–Crippen LogP) is 1.80. The molecule has 3 rings (SSSR count). The van der Waals surface area contributed by atoms with Gasteiger partial charge in [-0.05, 0) is 55.1 Å². The standard InChI is InChI=1S/C16H24N2O2S/c1-15(2)14-9-11-5-6-12(21(19,20)17-4)10-13(11)16(15,3)7-8-18-14/h5-6,10,14,17-18H,7-9H2,1-4H3/t14-,16-/m0/s1. The van der Waals surface area contributed by atoms with E-state index in [4.69, 9.17) is 0 Å². The number of sulfonamides is 1. The molecule has 0 unspecified atom stereocenters. The molecule has 1 aromatic rings. The van der Waals surface area contributed by atoms with Gasteiger partial charge in [0.15, 0.2) is 0 Å². The molecular formula is C16H24N2O2S. The summed E-state index contributed by atoms with van der Waals surface area (Å²) in [7, 11) is -1.93. The summed E-state index contributed by atoms with van der Waals surface area (Å²) in [5.74, 6) is 0. The second-order valence-electron chi connectivity index (χ2n) is 7.04. The number of hydrogen-bond acceptors (Lipinski definition) is 3. The first-order chi connectivity index (χ1) is 9.72. The molecule has 1 saturated heterocycles. The summed E-state index contributed by atoms with van der Waals surface area (Å²) in [6, 6.07) is 6.06. The van der Waals surface area contributed by atoms with Crippen molar-refractivity contribution in [2.45, 2.75) is 50.0 Å². The SMILES string of the molecule is CNS(=O)(=O)c1ccc2c(c1)[C@]1(C)CCN[C@@H](C2)C1(C)C. The van der Waals surface area contributed by atoms with Crippen LogP contribution in [0.3, 0.4) is 0 Å². The number of piperidine rings is 1. The zero-order valence-corrected chi connectivity index (χ0v) is 14.0. The Kier molecular flexibility index (Phi) is 3.24. The molecule has 0 saturated carbocycles. The van der Waals surface area contributed by atoms with Gasteiger partial charge in [-0.2, -0.15) is 0 Å². The van der Waals surface area contributed by atoms with Crippen LogP contribution in [0.4, 0.5) is 0 Å². The van der Waals surface area contributed by atoms with E-state index in [-0.39, 0.29) is 10.8 Å². The van der Waals surface area contributed by atoms with E-state index in [0.717, 1.165) is 19.4 Å². The first-order valence-electron chi connectivity index (χ1n) is 7.53. The molecule has 4 nitrogen and oxygen atoms in total. The lowest BCUT2D eigenvalue weighted by molar-refractivity contribution is 0.0557. The van der Waals surface area contributed by atoms with E-state index in [0.29, 0.717) is 10.9 Å². The van der Waals surface area contributed by atoms with E-state index in [1.54, 1.807) is 6.07 Å². The summed E-state index contributed by atoms with van der Waals surface area (Å²) in [6.45, 7) is 7.87. The van der Waals surface area contributed by atoms with Crippen LogP contribution in [0.1, 0.15) is 38.3 Å². The molecule has 0 radical (unpaired) electrons. The van der Waals surface area contributed by atoms with Crippen LogP contribution in [0.15, 0.2) is 23.1 Å². The third-order valence-corrected chi connectivity index (χ3v) is 7.40. The van der Waals surface area contributed by atoms with Crippen LogP contribution in [0.2, 0.25) is 0 Å². The molecule has 2 atom stereocenters. The summed E-state index contributed by atoms with van der Waals surface area (Å²) in [6.07, 6.45) is 2.00. The van der Waals surface area contributed by atoms with Crippen LogP contribution in [0.25, 0.3) is 0 Å². The fraction of sp³-hybridized carbons (Fsp3) is 0.625. The smallest absolute Gasteiger partial charge is 0.240 e. The van der Waals surface area contributed by atoms with Crippen molar-refractivity contribution in [1.82, 2.24) is 10.0 Å². The lowest BCUT2D eigenvalue weighted by Gasteiger charge is -2.57. The van der Waals surface area contributed by atoms with Crippen LogP contribution >= 0.6 is 0 Å². The molecule has 2 bridgehead atoms. The van der Waals surface area contributed by atoms with E-state index >= 15 is 0 Å². The van der Waals surface area contributed by atoms with Gasteiger partial charge < -0.3 is 5.32 Å². The molecule has 0 amide bonds. The monoisotopic (exact) mass is 308 g/mol. The molecule has 116 valence electrons. The fourth-order valence-electron chi connectivity index (χ4n) is 4.02. The Morgan fingerprint density at radius 1 is 1.29 bits per heavy atom. The van der Waals surface area contributed by atoms with Gasteiger partial charge in [0.1, 0.15) is 0 Å². The minimum atomic E-state index is -3.39. The van der Waals surface area contributed by atoms with Gasteiger partial charge in [-0.15, -0.1) is 0 Å². The molecule has 5 heteroatoms. The number of nitrogens with one attached hydrogen (secondary N) is 2. The summed E-state index contributed by atoms with van der Waals surface area (Å²) in [5, 5.41) is 3.63. The molecular weight excluding hydrogens is 284 g/mol. The minimum absolute atomic E-state index is 0.00969. The van der Waals surface area contributed by atoms with Gasteiger partial charge in [0.25, 0.3) is 0 Å². The molecule has 1 aliphatic carbocycles. The highest BCUT2D eigenvalue weighted by Gasteiger charge is 2.53. The van der Waals surface area contributed by atoms with Crippen LogP contribution in [-0.4, -0.2) is 28.1 Å². The average molecular weight is 308 g/mol. The average Bonchev–Trinajstić information content (AvgIpc) is 2.42. The van der Waals surface area contributed by atoms with Gasteiger partial charge >= 0.3 is 0 Å². The number of benzene rings is 1. The molecule has 0 spiro atoms. The third kappa shape index (κ3) is 1.98. The highest BCUT2D eigenvalue weighted by atomic mass is 32.2. The van der Waals surface area contributed by atoms with Crippen molar-refractivity contribution in [3.63, 3.8) is 0 Å². The largest absolute Gasteiger partial charge is 0.313 e. The topological polar surface area (TPSA) is 58.2 Å². The normalized spacial score (nSPS) is 30.8. The molecule has 0 aromatic heterocycles. The molecule has 2 aliphatic rings. The molecule has 1 heterocycles. The zero-order valence-electron chi connectivity index (χ0n) is 13.2. The number of rotatable bonds is 2. The molecule has 1 fully saturated rings. The van der Waals surface area contributed by atoms with Gasteiger partial charge in [0.2, 0.25) is 10.0 Å². The Balaban J connectivity index is 2.21. The number of hydrogen-bond donors (Lipinski definition) is 2. The van der Waals surface area contributed by atoms with Crippen LogP contribution in [0, 0.1) is 5.41 Å². The van der Waals surface area contributed by atoms with Crippen LogP contribution in [0.5, 0.6) is 0 Å². The van der Waals surface area contributed by atoms with E-state index in [9.17, 15) is 8.42 Å². The lowest BCUT2D eigenvalue weighted by atomic mass is 9.51. The van der Waals surface area contributed by atoms with Crippen molar-refractivity contribution in [3.8, 4) is 0 Å². The van der Waals surface area contributed by atoms with Gasteiger partial charge in [-0.25, -0.2) is 13.1 Å². The maximum Gasteiger partial charge on any atom is 0.240 e. The first-order valence-corrected chi connectivity index (χ1v) is 9.01. The first kappa shape index (κ1) is 15.0. The molecule has 2 N–H and O–H groups in total. The summed E-state index contributed by atoms with van der Waals surface area (Å²) in [5.41, 5.74) is 2.61. The third-order valence-electron chi connectivity index (χ3n) is 5.99. The molecule has 1 aromatic carbocycles.